The Kier molecular flexibility index (Phi) is 4.79. The highest BCUT2D eigenvalue weighted by molar-refractivity contribution is 8.00. The maximum absolute atomic E-state index is 12.8. The highest BCUT2D eigenvalue weighted by Crippen LogP contribution is 2.24. The van der Waals surface area contributed by atoms with Gasteiger partial charge in [-0.3, -0.25) is 4.79 Å². The Bertz CT molecular complexity index is 580. The van der Waals surface area contributed by atoms with Gasteiger partial charge in [0.05, 0.1) is 5.25 Å². The standard InChI is InChI=1S/C16H16FNOS/c1-11-3-9-15(10-4-11)20-12(2)16(19)18-14-7-5-13(17)6-8-14/h3-10,12H,1-2H3,(H,18,19)/t12-/m1/s1. The third kappa shape index (κ3) is 4.10. The van der Waals surface area contributed by atoms with Crippen molar-refractivity contribution in [2.75, 3.05) is 5.32 Å². The van der Waals surface area contributed by atoms with Crippen LogP contribution in [0.15, 0.2) is 53.4 Å². The summed E-state index contributed by atoms with van der Waals surface area (Å²) in [7, 11) is 0. The Morgan fingerprint density at radius 1 is 1.10 bits per heavy atom. The van der Waals surface area contributed by atoms with Gasteiger partial charge in [0.15, 0.2) is 0 Å². The molecule has 0 aliphatic heterocycles. The maximum atomic E-state index is 12.8. The number of rotatable bonds is 4. The van der Waals surface area contributed by atoms with E-state index in [0.717, 1.165) is 4.90 Å². The Hall–Kier alpha value is -1.81. The molecule has 0 saturated heterocycles. The second kappa shape index (κ2) is 6.57. The molecule has 0 radical (unpaired) electrons. The Labute approximate surface area is 122 Å². The highest BCUT2D eigenvalue weighted by atomic mass is 32.2. The van der Waals surface area contributed by atoms with Crippen LogP contribution in [0.4, 0.5) is 10.1 Å². The minimum Gasteiger partial charge on any atom is -0.325 e. The number of anilines is 1. The number of benzene rings is 2. The zero-order valence-corrected chi connectivity index (χ0v) is 12.2. The molecule has 0 bridgehead atoms. The van der Waals surface area contributed by atoms with Crippen molar-refractivity contribution >= 4 is 23.4 Å². The number of nitrogens with one attached hydrogen (secondary N) is 1. The van der Waals surface area contributed by atoms with E-state index in [1.165, 1.54) is 29.5 Å². The van der Waals surface area contributed by atoms with Crippen molar-refractivity contribution in [2.24, 2.45) is 0 Å². The first-order valence-electron chi connectivity index (χ1n) is 6.34. The van der Waals surface area contributed by atoms with Crippen molar-refractivity contribution in [3.63, 3.8) is 0 Å². The van der Waals surface area contributed by atoms with Crippen molar-refractivity contribution in [3.8, 4) is 0 Å². The van der Waals surface area contributed by atoms with E-state index in [9.17, 15) is 9.18 Å². The van der Waals surface area contributed by atoms with Gasteiger partial charge in [-0.1, -0.05) is 17.7 Å². The second-order valence-electron chi connectivity index (χ2n) is 4.57. The van der Waals surface area contributed by atoms with Crippen LogP contribution in [0.3, 0.4) is 0 Å². The fourth-order valence-corrected chi connectivity index (χ4v) is 2.52. The van der Waals surface area contributed by atoms with E-state index >= 15 is 0 Å². The molecular weight excluding hydrogens is 273 g/mol. The molecule has 2 aromatic carbocycles. The number of hydrogen-bond acceptors (Lipinski definition) is 2. The summed E-state index contributed by atoms with van der Waals surface area (Å²) in [5.41, 5.74) is 1.80. The number of aryl methyl sites for hydroxylation is 1. The molecule has 20 heavy (non-hydrogen) atoms. The molecule has 104 valence electrons. The first-order valence-corrected chi connectivity index (χ1v) is 7.22. The van der Waals surface area contributed by atoms with E-state index in [-0.39, 0.29) is 17.0 Å². The van der Waals surface area contributed by atoms with E-state index in [2.05, 4.69) is 5.32 Å². The minimum absolute atomic E-state index is 0.0952. The van der Waals surface area contributed by atoms with Crippen LogP contribution in [0.25, 0.3) is 0 Å². The molecule has 2 rings (SSSR count). The number of carbonyl (C=O) groups excluding carboxylic acids is 1. The lowest BCUT2D eigenvalue weighted by Crippen LogP contribution is -2.22. The molecule has 0 aliphatic rings. The van der Waals surface area contributed by atoms with Gasteiger partial charge in [0.1, 0.15) is 5.82 Å². The quantitative estimate of drug-likeness (QED) is 0.852. The number of amides is 1. The summed E-state index contributed by atoms with van der Waals surface area (Å²) in [6.07, 6.45) is 0. The molecule has 0 aromatic heterocycles. The summed E-state index contributed by atoms with van der Waals surface area (Å²) in [6, 6.07) is 13.8. The molecule has 1 atom stereocenters. The highest BCUT2D eigenvalue weighted by Gasteiger charge is 2.14. The van der Waals surface area contributed by atoms with Crippen LogP contribution < -0.4 is 5.32 Å². The van der Waals surface area contributed by atoms with E-state index < -0.39 is 0 Å². The SMILES string of the molecule is Cc1ccc(S[C@H](C)C(=O)Nc2ccc(F)cc2)cc1. The van der Waals surface area contributed by atoms with Gasteiger partial charge in [-0.15, -0.1) is 11.8 Å². The van der Waals surface area contributed by atoms with E-state index in [4.69, 9.17) is 0 Å². The number of thioether (sulfide) groups is 1. The summed E-state index contributed by atoms with van der Waals surface area (Å²) < 4.78 is 12.8. The molecule has 0 unspecified atom stereocenters. The van der Waals surface area contributed by atoms with Crippen LogP contribution >= 0.6 is 11.8 Å². The molecule has 1 amide bonds. The molecule has 4 heteroatoms. The third-order valence-electron chi connectivity index (χ3n) is 2.81. The summed E-state index contributed by atoms with van der Waals surface area (Å²) in [4.78, 5) is 13.1. The number of hydrogen-bond donors (Lipinski definition) is 1. The lowest BCUT2D eigenvalue weighted by atomic mass is 10.2. The van der Waals surface area contributed by atoms with Gasteiger partial charge >= 0.3 is 0 Å². The van der Waals surface area contributed by atoms with Crippen LogP contribution in [0.1, 0.15) is 12.5 Å². The average molecular weight is 289 g/mol. The van der Waals surface area contributed by atoms with Crippen LogP contribution in [0, 0.1) is 12.7 Å². The molecular formula is C16H16FNOS. The number of carbonyl (C=O) groups is 1. The van der Waals surface area contributed by atoms with E-state index in [1.54, 1.807) is 12.1 Å². The Morgan fingerprint density at radius 3 is 2.30 bits per heavy atom. The fraction of sp³-hybridized carbons (Fsp3) is 0.188. The summed E-state index contributed by atoms with van der Waals surface area (Å²) in [6.45, 7) is 3.88. The van der Waals surface area contributed by atoms with Crippen molar-refractivity contribution in [1.29, 1.82) is 0 Å². The lowest BCUT2D eigenvalue weighted by molar-refractivity contribution is -0.115. The zero-order chi connectivity index (χ0) is 14.5. The van der Waals surface area contributed by atoms with Crippen molar-refractivity contribution < 1.29 is 9.18 Å². The van der Waals surface area contributed by atoms with E-state index in [0.29, 0.717) is 5.69 Å². The lowest BCUT2D eigenvalue weighted by Gasteiger charge is -2.12. The van der Waals surface area contributed by atoms with E-state index in [1.807, 2.05) is 38.1 Å². The molecule has 0 spiro atoms. The van der Waals surface area contributed by atoms with Crippen LogP contribution in [0.2, 0.25) is 0 Å². The van der Waals surface area contributed by atoms with Gasteiger partial charge in [0, 0.05) is 10.6 Å². The largest absolute Gasteiger partial charge is 0.325 e. The van der Waals surface area contributed by atoms with Crippen molar-refractivity contribution in [1.82, 2.24) is 0 Å². The second-order valence-corrected chi connectivity index (χ2v) is 5.98. The van der Waals surface area contributed by atoms with Gasteiger partial charge < -0.3 is 5.32 Å². The Balaban J connectivity index is 1.94. The first kappa shape index (κ1) is 14.6. The van der Waals surface area contributed by atoms with Crippen LogP contribution in [0.5, 0.6) is 0 Å². The molecule has 0 saturated carbocycles. The molecule has 0 aliphatic carbocycles. The summed E-state index contributed by atoms with van der Waals surface area (Å²) in [5, 5.41) is 2.55. The molecule has 0 heterocycles. The Morgan fingerprint density at radius 2 is 1.70 bits per heavy atom. The minimum atomic E-state index is -0.315. The fourth-order valence-electron chi connectivity index (χ4n) is 1.65. The van der Waals surface area contributed by atoms with Crippen LogP contribution in [-0.2, 0) is 4.79 Å². The predicted molar refractivity (Wildman–Crippen MR) is 81.5 cm³/mol. The number of halogens is 1. The van der Waals surface area contributed by atoms with Gasteiger partial charge in [-0.25, -0.2) is 4.39 Å². The zero-order valence-electron chi connectivity index (χ0n) is 11.4. The van der Waals surface area contributed by atoms with Gasteiger partial charge in [-0.2, -0.15) is 0 Å². The topological polar surface area (TPSA) is 29.1 Å². The summed E-state index contributed by atoms with van der Waals surface area (Å²) >= 11 is 1.50. The van der Waals surface area contributed by atoms with Crippen molar-refractivity contribution in [3.05, 3.63) is 59.9 Å². The molecule has 2 aromatic rings. The average Bonchev–Trinajstić information content (AvgIpc) is 2.44. The smallest absolute Gasteiger partial charge is 0.237 e. The predicted octanol–water partition coefficient (Wildman–Crippen LogP) is 4.25. The monoisotopic (exact) mass is 289 g/mol. The molecule has 2 nitrogen and oxygen atoms in total. The van der Waals surface area contributed by atoms with Crippen molar-refractivity contribution in [2.45, 2.75) is 24.0 Å². The molecule has 1 N–H and O–H groups in total. The van der Waals surface area contributed by atoms with Gasteiger partial charge in [0.2, 0.25) is 5.91 Å². The third-order valence-corrected chi connectivity index (χ3v) is 3.93. The summed E-state index contributed by atoms with van der Waals surface area (Å²) in [5.74, 6) is -0.410. The van der Waals surface area contributed by atoms with Gasteiger partial charge in [0.25, 0.3) is 0 Å². The van der Waals surface area contributed by atoms with Crippen LogP contribution in [-0.4, -0.2) is 11.2 Å². The normalized spacial score (nSPS) is 11.9. The van der Waals surface area contributed by atoms with Gasteiger partial charge in [-0.05, 0) is 50.2 Å². The first-order chi connectivity index (χ1) is 9.54. The molecule has 0 fully saturated rings. The maximum Gasteiger partial charge on any atom is 0.237 e.